The zero-order chi connectivity index (χ0) is 16.3. The number of aliphatic hydroxyl groups is 1. The van der Waals surface area contributed by atoms with Gasteiger partial charge < -0.3 is 20.4 Å². The summed E-state index contributed by atoms with van der Waals surface area (Å²) >= 11 is 0. The first-order valence-corrected chi connectivity index (χ1v) is 6.60. The predicted molar refractivity (Wildman–Crippen MR) is 69.2 cm³/mol. The van der Waals surface area contributed by atoms with Crippen molar-refractivity contribution in [2.45, 2.75) is 31.7 Å². The van der Waals surface area contributed by atoms with Gasteiger partial charge in [-0.3, -0.25) is 0 Å². The second-order valence-electron chi connectivity index (χ2n) is 4.91. The summed E-state index contributed by atoms with van der Waals surface area (Å²) in [7, 11) is 0. The SMILES string of the molecule is O=C(O)N1CCC(Nc2cc(CO)nc(C(F)(F)F)n2)CC1. The Kier molecular flexibility index (Phi) is 4.69. The van der Waals surface area contributed by atoms with E-state index in [1.165, 1.54) is 11.0 Å². The number of nitrogens with zero attached hydrogens (tertiary/aromatic N) is 3. The minimum atomic E-state index is -4.70. The van der Waals surface area contributed by atoms with E-state index in [4.69, 9.17) is 10.2 Å². The summed E-state index contributed by atoms with van der Waals surface area (Å²) in [5, 5.41) is 20.7. The molecule has 0 bridgehead atoms. The quantitative estimate of drug-likeness (QED) is 0.781. The van der Waals surface area contributed by atoms with Gasteiger partial charge in [-0.2, -0.15) is 13.2 Å². The number of anilines is 1. The fourth-order valence-corrected chi connectivity index (χ4v) is 2.20. The number of amides is 1. The average molecular weight is 320 g/mol. The van der Waals surface area contributed by atoms with E-state index in [0.29, 0.717) is 25.9 Å². The lowest BCUT2D eigenvalue weighted by atomic mass is 10.1. The highest BCUT2D eigenvalue weighted by molar-refractivity contribution is 5.65. The highest BCUT2D eigenvalue weighted by Crippen LogP contribution is 2.27. The van der Waals surface area contributed by atoms with Crippen LogP contribution in [-0.2, 0) is 12.8 Å². The van der Waals surface area contributed by atoms with Crippen molar-refractivity contribution in [3.8, 4) is 0 Å². The molecule has 0 unspecified atom stereocenters. The highest BCUT2D eigenvalue weighted by Gasteiger charge is 2.35. The highest BCUT2D eigenvalue weighted by atomic mass is 19.4. The summed E-state index contributed by atoms with van der Waals surface area (Å²) in [6, 6.07) is 1.07. The third-order valence-electron chi connectivity index (χ3n) is 3.31. The van der Waals surface area contributed by atoms with Gasteiger partial charge in [0.15, 0.2) is 0 Å². The smallest absolute Gasteiger partial charge is 0.451 e. The Morgan fingerprint density at radius 1 is 1.36 bits per heavy atom. The monoisotopic (exact) mass is 320 g/mol. The van der Waals surface area contributed by atoms with E-state index in [1.807, 2.05) is 0 Å². The van der Waals surface area contributed by atoms with Crippen LogP contribution in [0, 0.1) is 0 Å². The van der Waals surface area contributed by atoms with Gasteiger partial charge in [0.2, 0.25) is 5.82 Å². The van der Waals surface area contributed by atoms with Gasteiger partial charge in [-0.05, 0) is 12.8 Å². The van der Waals surface area contributed by atoms with Crippen LogP contribution in [-0.4, -0.2) is 50.3 Å². The number of rotatable bonds is 3. The lowest BCUT2D eigenvalue weighted by Gasteiger charge is -2.30. The number of carboxylic acid groups (broad SMARTS) is 1. The van der Waals surface area contributed by atoms with Gasteiger partial charge >= 0.3 is 12.3 Å². The Hall–Kier alpha value is -2.10. The normalized spacial score (nSPS) is 16.6. The number of hydrogen-bond acceptors (Lipinski definition) is 5. The summed E-state index contributed by atoms with van der Waals surface area (Å²) < 4.78 is 38.1. The number of aromatic nitrogens is 2. The molecular weight excluding hydrogens is 305 g/mol. The van der Waals surface area contributed by atoms with E-state index >= 15 is 0 Å². The van der Waals surface area contributed by atoms with Gasteiger partial charge in [0.25, 0.3) is 0 Å². The molecule has 0 aliphatic carbocycles. The topological polar surface area (TPSA) is 98.6 Å². The molecule has 0 spiro atoms. The minimum absolute atomic E-state index is 0.0276. The van der Waals surface area contributed by atoms with E-state index in [2.05, 4.69) is 15.3 Å². The lowest BCUT2D eigenvalue weighted by Crippen LogP contribution is -2.41. The summed E-state index contributed by atoms with van der Waals surface area (Å²) in [6.07, 6.45) is -4.78. The van der Waals surface area contributed by atoms with Crippen LogP contribution >= 0.6 is 0 Å². The predicted octanol–water partition coefficient (Wildman–Crippen LogP) is 1.54. The van der Waals surface area contributed by atoms with Crippen molar-refractivity contribution >= 4 is 11.9 Å². The van der Waals surface area contributed by atoms with Crippen LogP contribution in [0.5, 0.6) is 0 Å². The van der Waals surface area contributed by atoms with E-state index in [9.17, 15) is 18.0 Å². The zero-order valence-corrected chi connectivity index (χ0v) is 11.5. The molecule has 2 rings (SSSR count). The van der Waals surface area contributed by atoms with Crippen LogP contribution in [0.1, 0.15) is 24.4 Å². The molecule has 1 aromatic heterocycles. The molecule has 10 heteroatoms. The van der Waals surface area contributed by atoms with Crippen molar-refractivity contribution in [1.82, 2.24) is 14.9 Å². The third-order valence-corrected chi connectivity index (χ3v) is 3.31. The molecule has 22 heavy (non-hydrogen) atoms. The van der Waals surface area contributed by atoms with Crippen LogP contribution in [0.25, 0.3) is 0 Å². The van der Waals surface area contributed by atoms with Gasteiger partial charge in [-0.1, -0.05) is 0 Å². The van der Waals surface area contributed by atoms with Gasteiger partial charge in [0.05, 0.1) is 12.3 Å². The fraction of sp³-hybridized carbons (Fsp3) is 0.583. The molecule has 1 aliphatic rings. The summed E-state index contributed by atoms with van der Waals surface area (Å²) in [4.78, 5) is 18.7. The largest absolute Gasteiger partial charge is 0.465 e. The van der Waals surface area contributed by atoms with E-state index in [1.54, 1.807) is 0 Å². The number of nitrogens with one attached hydrogen (secondary N) is 1. The first-order chi connectivity index (χ1) is 10.3. The maximum atomic E-state index is 12.7. The van der Waals surface area contributed by atoms with Crippen LogP contribution in [0.15, 0.2) is 6.07 Å². The van der Waals surface area contributed by atoms with E-state index in [-0.39, 0.29) is 17.6 Å². The lowest BCUT2D eigenvalue weighted by molar-refractivity contribution is -0.145. The fourth-order valence-electron chi connectivity index (χ4n) is 2.20. The average Bonchev–Trinajstić information content (AvgIpc) is 2.46. The third kappa shape index (κ3) is 3.97. The van der Waals surface area contributed by atoms with Crippen LogP contribution in [0.4, 0.5) is 23.8 Å². The molecule has 0 radical (unpaired) electrons. The number of piperidine rings is 1. The van der Waals surface area contributed by atoms with Crippen molar-refractivity contribution in [3.05, 3.63) is 17.6 Å². The second kappa shape index (κ2) is 6.34. The van der Waals surface area contributed by atoms with Crippen molar-refractivity contribution in [2.24, 2.45) is 0 Å². The molecule has 0 saturated carbocycles. The first kappa shape index (κ1) is 16.3. The number of carbonyl (C=O) groups is 1. The molecule has 2 heterocycles. The molecule has 1 aliphatic heterocycles. The van der Waals surface area contributed by atoms with Gasteiger partial charge in [0.1, 0.15) is 5.82 Å². The molecule has 0 atom stereocenters. The Labute approximate surface area is 123 Å². The molecule has 1 saturated heterocycles. The summed E-state index contributed by atoms with van der Waals surface area (Å²) in [5.41, 5.74) is -0.132. The Morgan fingerprint density at radius 3 is 2.50 bits per heavy atom. The van der Waals surface area contributed by atoms with Crippen molar-refractivity contribution in [1.29, 1.82) is 0 Å². The first-order valence-electron chi connectivity index (χ1n) is 6.60. The molecular formula is C12H15F3N4O3. The summed E-state index contributed by atoms with van der Waals surface area (Å²) in [5.74, 6) is -1.34. The molecule has 122 valence electrons. The molecule has 1 fully saturated rings. The Bertz CT molecular complexity index is 545. The second-order valence-corrected chi connectivity index (χ2v) is 4.91. The van der Waals surface area contributed by atoms with Crippen LogP contribution in [0.3, 0.4) is 0 Å². The maximum absolute atomic E-state index is 12.7. The van der Waals surface area contributed by atoms with Crippen molar-refractivity contribution in [2.75, 3.05) is 18.4 Å². The van der Waals surface area contributed by atoms with Gasteiger partial charge in [-0.25, -0.2) is 14.8 Å². The van der Waals surface area contributed by atoms with Gasteiger partial charge in [-0.15, -0.1) is 0 Å². The summed E-state index contributed by atoms with van der Waals surface area (Å²) in [6.45, 7) is -0.0219. The maximum Gasteiger partial charge on any atom is 0.451 e. The number of hydrogen-bond donors (Lipinski definition) is 3. The zero-order valence-electron chi connectivity index (χ0n) is 11.5. The Balaban J connectivity index is 2.08. The molecule has 3 N–H and O–H groups in total. The van der Waals surface area contributed by atoms with Crippen molar-refractivity contribution < 1.29 is 28.2 Å². The number of alkyl halides is 3. The van der Waals surface area contributed by atoms with Crippen LogP contribution in [0.2, 0.25) is 0 Å². The number of likely N-dealkylation sites (tertiary alicyclic amines) is 1. The minimum Gasteiger partial charge on any atom is -0.465 e. The molecule has 0 aromatic carbocycles. The Morgan fingerprint density at radius 2 is 2.00 bits per heavy atom. The molecule has 1 amide bonds. The van der Waals surface area contributed by atoms with Gasteiger partial charge in [0, 0.05) is 25.2 Å². The number of aliphatic hydroxyl groups excluding tert-OH is 1. The standard InChI is InChI=1S/C12H15F3N4O3/c13-12(14,15)10-17-8(6-20)5-9(18-10)16-7-1-3-19(4-2-7)11(21)22/h5,7,20H,1-4,6H2,(H,21,22)(H,16,17,18). The van der Waals surface area contributed by atoms with Crippen LogP contribution < -0.4 is 5.32 Å². The van der Waals surface area contributed by atoms with E-state index in [0.717, 1.165) is 0 Å². The number of halogens is 3. The van der Waals surface area contributed by atoms with Crippen molar-refractivity contribution in [3.63, 3.8) is 0 Å². The molecule has 1 aromatic rings. The molecule has 7 nitrogen and oxygen atoms in total. The van der Waals surface area contributed by atoms with E-state index < -0.39 is 24.7 Å².